The summed E-state index contributed by atoms with van der Waals surface area (Å²) in [6.45, 7) is 5.46. The maximum absolute atomic E-state index is 12.8. The molecule has 0 bridgehead atoms. The molecule has 1 aliphatic rings. The molecule has 1 N–H and O–H groups in total. The van der Waals surface area contributed by atoms with E-state index in [1.165, 1.54) is 5.56 Å². The average Bonchev–Trinajstić information content (AvgIpc) is 3.34. The fourth-order valence-corrected chi connectivity index (χ4v) is 5.01. The molecule has 2 atom stereocenters. The summed E-state index contributed by atoms with van der Waals surface area (Å²) in [5, 5.41) is 6.17. The minimum atomic E-state index is -0.129. The Balaban J connectivity index is 1.38. The van der Waals surface area contributed by atoms with Gasteiger partial charge in [-0.25, -0.2) is 4.98 Å². The fourth-order valence-electron chi connectivity index (χ4n) is 4.22. The lowest BCUT2D eigenvalue weighted by atomic mass is 9.88. The Bertz CT molecular complexity index is 909. The summed E-state index contributed by atoms with van der Waals surface area (Å²) in [4.78, 5) is 24.0. The van der Waals surface area contributed by atoms with E-state index in [0.717, 1.165) is 37.5 Å². The van der Waals surface area contributed by atoms with Crippen molar-refractivity contribution < 1.29 is 4.79 Å². The zero-order valence-electron chi connectivity index (χ0n) is 17.3. The zero-order chi connectivity index (χ0) is 20.8. The van der Waals surface area contributed by atoms with Crippen LogP contribution in [-0.4, -0.2) is 40.4 Å². The predicted octanol–water partition coefficient (Wildman–Crippen LogP) is 4.52. The molecule has 1 amide bonds. The minimum absolute atomic E-state index is 0.0618. The van der Waals surface area contributed by atoms with Crippen LogP contribution in [0.5, 0.6) is 0 Å². The quantitative estimate of drug-likeness (QED) is 0.610. The summed E-state index contributed by atoms with van der Waals surface area (Å²) in [7, 11) is 0. The topological polar surface area (TPSA) is 58.1 Å². The predicted molar refractivity (Wildman–Crippen MR) is 121 cm³/mol. The van der Waals surface area contributed by atoms with Crippen LogP contribution in [0, 0.1) is 5.92 Å². The van der Waals surface area contributed by atoms with E-state index in [-0.39, 0.29) is 11.9 Å². The van der Waals surface area contributed by atoms with Crippen molar-refractivity contribution in [2.45, 2.75) is 31.7 Å². The summed E-state index contributed by atoms with van der Waals surface area (Å²) < 4.78 is 0. The van der Waals surface area contributed by atoms with Gasteiger partial charge in [0.1, 0.15) is 10.7 Å². The Kier molecular flexibility index (Phi) is 6.87. The van der Waals surface area contributed by atoms with Crippen molar-refractivity contribution in [1.82, 2.24) is 20.2 Å². The summed E-state index contributed by atoms with van der Waals surface area (Å²) in [5.74, 6) is 0.768. The number of aromatic nitrogens is 2. The molecule has 0 saturated carbocycles. The van der Waals surface area contributed by atoms with E-state index < -0.39 is 0 Å². The van der Waals surface area contributed by atoms with Crippen molar-refractivity contribution in [1.29, 1.82) is 0 Å². The molecule has 0 spiro atoms. The first kappa shape index (κ1) is 20.7. The number of nitrogens with zero attached hydrogens (tertiary/aromatic N) is 3. The number of piperidine rings is 1. The zero-order valence-corrected chi connectivity index (χ0v) is 18.1. The first-order valence-electron chi connectivity index (χ1n) is 10.6. The van der Waals surface area contributed by atoms with Crippen LogP contribution < -0.4 is 5.32 Å². The van der Waals surface area contributed by atoms with Crippen LogP contribution >= 0.6 is 11.3 Å². The van der Waals surface area contributed by atoms with Gasteiger partial charge in [-0.3, -0.25) is 9.78 Å². The van der Waals surface area contributed by atoms with Gasteiger partial charge in [0.25, 0.3) is 5.91 Å². The van der Waals surface area contributed by atoms with E-state index in [4.69, 9.17) is 0 Å². The monoisotopic (exact) mass is 420 g/mol. The lowest BCUT2D eigenvalue weighted by molar-refractivity contribution is 0.0886. The Morgan fingerprint density at radius 3 is 2.53 bits per heavy atom. The van der Waals surface area contributed by atoms with Crippen LogP contribution in [-0.2, 0) is 0 Å². The van der Waals surface area contributed by atoms with Gasteiger partial charge in [0.2, 0.25) is 0 Å². The van der Waals surface area contributed by atoms with Crippen LogP contribution in [0.1, 0.15) is 52.8 Å². The Morgan fingerprint density at radius 2 is 1.87 bits per heavy atom. The van der Waals surface area contributed by atoms with Crippen LogP contribution in [0.4, 0.5) is 0 Å². The van der Waals surface area contributed by atoms with Gasteiger partial charge >= 0.3 is 0 Å². The number of carbonyl (C=O) groups excluding carboxylic acids is 1. The number of rotatable bonds is 7. The minimum Gasteiger partial charge on any atom is -0.341 e. The highest BCUT2D eigenvalue weighted by Crippen LogP contribution is 2.33. The van der Waals surface area contributed by atoms with Gasteiger partial charge in [0.15, 0.2) is 0 Å². The summed E-state index contributed by atoms with van der Waals surface area (Å²) in [6, 6.07) is 16.1. The SMILES string of the molecule is CC(CN1CCC(C(NC(=O)c2ccccn2)c2nccs2)CC1)c1ccccc1. The van der Waals surface area contributed by atoms with Crippen LogP contribution in [0.3, 0.4) is 0 Å². The largest absolute Gasteiger partial charge is 0.341 e. The number of amides is 1. The van der Waals surface area contributed by atoms with Crippen LogP contribution in [0.25, 0.3) is 0 Å². The highest BCUT2D eigenvalue weighted by Gasteiger charge is 2.31. The number of carbonyl (C=O) groups is 1. The maximum Gasteiger partial charge on any atom is 0.270 e. The van der Waals surface area contributed by atoms with Gasteiger partial charge in [-0.2, -0.15) is 0 Å². The molecule has 2 unspecified atom stereocenters. The van der Waals surface area contributed by atoms with E-state index in [0.29, 0.717) is 17.5 Å². The van der Waals surface area contributed by atoms with Crippen molar-refractivity contribution in [2.75, 3.05) is 19.6 Å². The molecule has 156 valence electrons. The van der Waals surface area contributed by atoms with Crippen molar-refractivity contribution in [3.63, 3.8) is 0 Å². The van der Waals surface area contributed by atoms with E-state index in [2.05, 4.69) is 57.4 Å². The molecule has 6 heteroatoms. The molecule has 3 aromatic rings. The van der Waals surface area contributed by atoms with Gasteiger partial charge in [-0.15, -0.1) is 11.3 Å². The number of thiazole rings is 1. The third-order valence-electron chi connectivity index (χ3n) is 5.91. The molecule has 1 fully saturated rings. The molecular weight excluding hydrogens is 392 g/mol. The van der Waals surface area contributed by atoms with E-state index in [1.807, 2.05) is 23.7 Å². The second-order valence-electron chi connectivity index (χ2n) is 7.99. The maximum atomic E-state index is 12.8. The molecule has 1 aliphatic heterocycles. The number of benzene rings is 1. The van der Waals surface area contributed by atoms with Crippen molar-refractivity contribution in [3.05, 3.63) is 82.6 Å². The number of hydrogen-bond donors (Lipinski definition) is 1. The Hall–Kier alpha value is -2.57. The van der Waals surface area contributed by atoms with E-state index >= 15 is 0 Å². The van der Waals surface area contributed by atoms with Crippen LogP contribution in [0.2, 0.25) is 0 Å². The third-order valence-corrected chi connectivity index (χ3v) is 6.76. The lowest BCUT2D eigenvalue weighted by Crippen LogP contribution is -2.41. The number of hydrogen-bond acceptors (Lipinski definition) is 5. The normalized spacial score (nSPS) is 17.4. The molecule has 0 aliphatic carbocycles. The molecule has 30 heavy (non-hydrogen) atoms. The lowest BCUT2D eigenvalue weighted by Gasteiger charge is -2.36. The van der Waals surface area contributed by atoms with Gasteiger partial charge < -0.3 is 10.2 Å². The van der Waals surface area contributed by atoms with Gasteiger partial charge in [-0.05, 0) is 55.5 Å². The number of likely N-dealkylation sites (tertiary alicyclic amines) is 1. The second-order valence-corrected chi connectivity index (χ2v) is 8.91. The van der Waals surface area contributed by atoms with Crippen molar-refractivity contribution in [3.8, 4) is 0 Å². The molecule has 5 nitrogen and oxygen atoms in total. The second kappa shape index (κ2) is 9.96. The first-order chi connectivity index (χ1) is 14.7. The Morgan fingerprint density at radius 1 is 1.10 bits per heavy atom. The molecule has 3 heterocycles. The highest BCUT2D eigenvalue weighted by molar-refractivity contribution is 7.09. The standard InChI is InChI=1S/C24H28N4OS/c1-18(19-7-3-2-4-8-19)17-28-14-10-20(11-15-28)22(24-26-13-16-30-24)27-23(29)21-9-5-6-12-25-21/h2-9,12-13,16,18,20,22H,10-11,14-15,17H2,1H3,(H,27,29). The fraction of sp³-hybridized carbons (Fsp3) is 0.375. The van der Waals surface area contributed by atoms with E-state index in [9.17, 15) is 4.79 Å². The number of pyridine rings is 1. The van der Waals surface area contributed by atoms with Crippen molar-refractivity contribution >= 4 is 17.2 Å². The van der Waals surface area contributed by atoms with E-state index in [1.54, 1.807) is 23.6 Å². The van der Waals surface area contributed by atoms with Gasteiger partial charge in [-0.1, -0.05) is 43.3 Å². The molecular formula is C24H28N4OS. The highest BCUT2D eigenvalue weighted by atomic mass is 32.1. The average molecular weight is 421 g/mol. The number of nitrogens with one attached hydrogen (secondary N) is 1. The summed E-state index contributed by atoms with van der Waals surface area (Å²) in [5.41, 5.74) is 1.84. The molecule has 2 aromatic heterocycles. The third kappa shape index (κ3) is 5.12. The molecule has 4 rings (SSSR count). The van der Waals surface area contributed by atoms with Crippen molar-refractivity contribution in [2.24, 2.45) is 5.92 Å². The van der Waals surface area contributed by atoms with Gasteiger partial charge in [0, 0.05) is 24.3 Å². The first-order valence-corrected chi connectivity index (χ1v) is 11.5. The molecule has 0 radical (unpaired) electrons. The molecule has 1 saturated heterocycles. The van der Waals surface area contributed by atoms with Crippen LogP contribution in [0.15, 0.2) is 66.3 Å². The summed E-state index contributed by atoms with van der Waals surface area (Å²) >= 11 is 1.61. The Labute approximate surface area is 182 Å². The summed E-state index contributed by atoms with van der Waals surface area (Å²) in [6.07, 6.45) is 5.57. The van der Waals surface area contributed by atoms with Gasteiger partial charge in [0.05, 0.1) is 6.04 Å². The smallest absolute Gasteiger partial charge is 0.270 e. The molecule has 1 aromatic carbocycles.